The lowest BCUT2D eigenvalue weighted by molar-refractivity contribution is -0.121. The zero-order valence-electron chi connectivity index (χ0n) is 15.5. The van der Waals surface area contributed by atoms with E-state index in [1.165, 1.54) is 10.4 Å². The molecule has 0 aliphatic heterocycles. The summed E-state index contributed by atoms with van der Waals surface area (Å²) in [7, 11) is 0. The minimum atomic E-state index is 0.0543. The summed E-state index contributed by atoms with van der Waals surface area (Å²) < 4.78 is 2.12. The fourth-order valence-corrected chi connectivity index (χ4v) is 3.92. The molecule has 0 aliphatic carbocycles. The molecule has 1 N–H and O–H groups in total. The summed E-state index contributed by atoms with van der Waals surface area (Å²) >= 11 is 1.72. The Morgan fingerprint density at radius 3 is 2.75 bits per heavy atom. The van der Waals surface area contributed by atoms with E-state index in [1.54, 1.807) is 17.5 Å². The van der Waals surface area contributed by atoms with E-state index in [0.717, 1.165) is 30.0 Å². The van der Waals surface area contributed by atoms with Crippen LogP contribution in [0.4, 0.5) is 0 Å². The van der Waals surface area contributed by atoms with Crippen LogP contribution < -0.4 is 5.32 Å². The maximum absolute atomic E-state index is 12.3. The van der Waals surface area contributed by atoms with Crippen LogP contribution in [0.15, 0.2) is 66.2 Å². The first kappa shape index (κ1) is 18.4. The predicted octanol–water partition coefficient (Wildman–Crippen LogP) is 3.83. The fourth-order valence-electron chi connectivity index (χ4n) is 3.23. The lowest BCUT2D eigenvalue weighted by atomic mass is 10.1. The van der Waals surface area contributed by atoms with Crippen LogP contribution in [0.3, 0.4) is 0 Å². The van der Waals surface area contributed by atoms with Crippen molar-refractivity contribution in [2.24, 2.45) is 0 Å². The van der Waals surface area contributed by atoms with E-state index in [1.807, 2.05) is 36.4 Å². The highest BCUT2D eigenvalue weighted by Crippen LogP contribution is 2.19. The molecule has 0 atom stereocenters. The van der Waals surface area contributed by atoms with Crippen LogP contribution in [-0.2, 0) is 24.2 Å². The van der Waals surface area contributed by atoms with E-state index in [4.69, 9.17) is 4.98 Å². The molecule has 0 fully saturated rings. The third kappa shape index (κ3) is 4.46. The van der Waals surface area contributed by atoms with Gasteiger partial charge in [0.25, 0.3) is 0 Å². The number of rotatable bonds is 8. The molecule has 142 valence electrons. The second-order valence-electron chi connectivity index (χ2n) is 6.63. The van der Waals surface area contributed by atoms with Gasteiger partial charge in [-0.25, -0.2) is 9.97 Å². The van der Waals surface area contributed by atoms with Crippen LogP contribution in [0.1, 0.15) is 22.7 Å². The fraction of sp³-hybridized carbons (Fsp3) is 0.227. The molecule has 0 saturated carbocycles. The van der Waals surface area contributed by atoms with Gasteiger partial charge in [0, 0.05) is 30.5 Å². The molecule has 1 aromatic carbocycles. The summed E-state index contributed by atoms with van der Waals surface area (Å²) in [4.78, 5) is 22.8. The van der Waals surface area contributed by atoms with Crippen molar-refractivity contribution in [3.05, 3.63) is 82.4 Å². The summed E-state index contributed by atoms with van der Waals surface area (Å²) in [6.07, 6.45) is 3.64. The predicted molar refractivity (Wildman–Crippen MR) is 112 cm³/mol. The van der Waals surface area contributed by atoms with E-state index < -0.39 is 0 Å². The molecule has 3 aromatic heterocycles. The number of pyridine rings is 1. The Balaban J connectivity index is 1.39. The van der Waals surface area contributed by atoms with Crippen molar-refractivity contribution in [3.63, 3.8) is 0 Å². The number of benzene rings is 1. The van der Waals surface area contributed by atoms with Gasteiger partial charge < -0.3 is 9.88 Å². The van der Waals surface area contributed by atoms with Crippen molar-refractivity contribution in [2.45, 2.75) is 25.8 Å². The first-order chi connectivity index (χ1) is 13.8. The molecule has 0 aliphatic rings. The van der Waals surface area contributed by atoms with Gasteiger partial charge in [0.05, 0.1) is 6.54 Å². The van der Waals surface area contributed by atoms with Crippen LogP contribution in [0.25, 0.3) is 11.2 Å². The topological polar surface area (TPSA) is 59.8 Å². The molecule has 3 heterocycles. The monoisotopic (exact) mass is 390 g/mol. The maximum atomic E-state index is 12.3. The van der Waals surface area contributed by atoms with E-state index >= 15 is 0 Å². The number of carbonyl (C=O) groups excluding carboxylic acids is 1. The van der Waals surface area contributed by atoms with Crippen molar-refractivity contribution < 1.29 is 4.79 Å². The van der Waals surface area contributed by atoms with Gasteiger partial charge in [-0.1, -0.05) is 36.4 Å². The van der Waals surface area contributed by atoms with Crippen molar-refractivity contribution in [1.29, 1.82) is 0 Å². The highest BCUT2D eigenvalue weighted by atomic mass is 32.1. The summed E-state index contributed by atoms with van der Waals surface area (Å²) in [6, 6.07) is 18.2. The van der Waals surface area contributed by atoms with Gasteiger partial charge in [0.2, 0.25) is 5.91 Å². The average molecular weight is 391 g/mol. The van der Waals surface area contributed by atoms with E-state index in [0.29, 0.717) is 19.4 Å². The zero-order chi connectivity index (χ0) is 19.2. The molecule has 0 radical (unpaired) electrons. The number of fused-ring (bicyclic) bond motifs is 1. The van der Waals surface area contributed by atoms with Gasteiger partial charge >= 0.3 is 0 Å². The number of amides is 1. The summed E-state index contributed by atoms with van der Waals surface area (Å²) in [5.74, 6) is 0.957. The Hall–Kier alpha value is -2.99. The number of hydrogen-bond acceptors (Lipinski definition) is 4. The summed E-state index contributed by atoms with van der Waals surface area (Å²) in [5.41, 5.74) is 2.97. The van der Waals surface area contributed by atoms with Gasteiger partial charge in [0.15, 0.2) is 5.65 Å². The van der Waals surface area contributed by atoms with Crippen molar-refractivity contribution in [3.8, 4) is 0 Å². The molecule has 4 rings (SSSR count). The number of thiophene rings is 1. The lowest BCUT2D eigenvalue weighted by Gasteiger charge is -2.08. The summed E-state index contributed by atoms with van der Waals surface area (Å²) in [5, 5.41) is 5.08. The Morgan fingerprint density at radius 1 is 1.04 bits per heavy atom. The second kappa shape index (κ2) is 8.80. The minimum absolute atomic E-state index is 0.0543. The highest BCUT2D eigenvalue weighted by Gasteiger charge is 2.14. The first-order valence-corrected chi connectivity index (χ1v) is 10.3. The molecular weight excluding hydrogens is 368 g/mol. The second-order valence-corrected chi connectivity index (χ2v) is 7.66. The van der Waals surface area contributed by atoms with Crippen LogP contribution >= 0.6 is 11.3 Å². The molecule has 28 heavy (non-hydrogen) atoms. The number of carbonyl (C=O) groups is 1. The van der Waals surface area contributed by atoms with Gasteiger partial charge in [-0.15, -0.1) is 11.3 Å². The van der Waals surface area contributed by atoms with Crippen molar-refractivity contribution in [2.75, 3.05) is 6.54 Å². The molecular formula is C22H22N4OS. The molecule has 6 heteroatoms. The van der Waals surface area contributed by atoms with E-state index in [9.17, 15) is 4.79 Å². The molecule has 5 nitrogen and oxygen atoms in total. The van der Waals surface area contributed by atoms with Crippen molar-refractivity contribution in [1.82, 2.24) is 19.9 Å². The van der Waals surface area contributed by atoms with Gasteiger partial charge in [-0.2, -0.15) is 0 Å². The molecule has 0 saturated heterocycles. The zero-order valence-corrected chi connectivity index (χ0v) is 16.4. The smallest absolute Gasteiger partial charge is 0.220 e. The number of hydrogen-bond donors (Lipinski definition) is 1. The number of nitrogens with zero attached hydrogens (tertiary/aromatic N) is 3. The number of imidazole rings is 1. The van der Waals surface area contributed by atoms with Crippen LogP contribution in [0.5, 0.6) is 0 Å². The third-order valence-electron chi connectivity index (χ3n) is 4.63. The standard InChI is InChI=1S/C22H22N4OS/c27-21(23-14-12-17-6-2-1-3-7-17)11-10-20-25-19-9-4-13-24-22(19)26(20)16-18-8-5-15-28-18/h1-9,13,15H,10-12,14,16H2,(H,23,27). The Morgan fingerprint density at radius 2 is 1.93 bits per heavy atom. The quantitative estimate of drug-likeness (QED) is 0.497. The molecule has 1 amide bonds. The minimum Gasteiger partial charge on any atom is -0.356 e. The largest absolute Gasteiger partial charge is 0.356 e. The van der Waals surface area contributed by atoms with Crippen molar-refractivity contribution >= 4 is 28.4 Å². The van der Waals surface area contributed by atoms with E-state index in [2.05, 4.69) is 38.4 Å². The van der Waals surface area contributed by atoms with Gasteiger partial charge in [-0.05, 0) is 35.6 Å². The Kier molecular flexibility index (Phi) is 5.77. The van der Waals surface area contributed by atoms with Gasteiger partial charge in [0.1, 0.15) is 11.3 Å². The average Bonchev–Trinajstić information content (AvgIpc) is 3.36. The number of aromatic nitrogens is 3. The number of nitrogens with one attached hydrogen (secondary N) is 1. The third-order valence-corrected chi connectivity index (χ3v) is 5.49. The Bertz CT molecular complexity index is 1040. The molecule has 0 spiro atoms. The lowest BCUT2D eigenvalue weighted by Crippen LogP contribution is -2.26. The highest BCUT2D eigenvalue weighted by molar-refractivity contribution is 7.09. The normalized spacial score (nSPS) is 11.0. The first-order valence-electron chi connectivity index (χ1n) is 9.43. The maximum Gasteiger partial charge on any atom is 0.220 e. The van der Waals surface area contributed by atoms with Crippen LogP contribution in [-0.4, -0.2) is 27.0 Å². The summed E-state index contributed by atoms with van der Waals surface area (Å²) in [6.45, 7) is 1.38. The molecule has 0 bridgehead atoms. The van der Waals surface area contributed by atoms with Crippen LogP contribution in [0.2, 0.25) is 0 Å². The molecule has 4 aromatic rings. The molecule has 0 unspecified atom stereocenters. The van der Waals surface area contributed by atoms with E-state index in [-0.39, 0.29) is 5.91 Å². The van der Waals surface area contributed by atoms with Gasteiger partial charge in [-0.3, -0.25) is 4.79 Å². The van der Waals surface area contributed by atoms with Crippen LogP contribution in [0, 0.1) is 0 Å². The SMILES string of the molecule is O=C(CCc1nc2cccnc2n1Cc1cccs1)NCCc1ccccc1. The number of aryl methyl sites for hydroxylation is 1. The Labute approximate surface area is 168 Å².